The summed E-state index contributed by atoms with van der Waals surface area (Å²) in [6, 6.07) is 21.7. The molecule has 0 saturated carbocycles. The van der Waals surface area contributed by atoms with Gasteiger partial charge in [-0.2, -0.15) is 0 Å². The summed E-state index contributed by atoms with van der Waals surface area (Å²) in [7, 11) is 1.64. The van der Waals surface area contributed by atoms with E-state index in [4.69, 9.17) is 4.74 Å². The molecule has 0 saturated heterocycles. The molecule has 0 aliphatic rings. The number of rotatable bonds is 7. The number of nitrogens with one attached hydrogen (secondary N) is 1. The minimum Gasteiger partial charge on any atom is -0.497 e. The van der Waals surface area contributed by atoms with Crippen molar-refractivity contribution in [3.05, 3.63) is 89.7 Å². The van der Waals surface area contributed by atoms with E-state index < -0.39 is 0 Å². The normalized spacial score (nSPS) is 10.6. The quantitative estimate of drug-likeness (QED) is 0.500. The molecule has 0 spiro atoms. The van der Waals surface area contributed by atoms with Crippen molar-refractivity contribution in [2.45, 2.75) is 13.3 Å². The van der Waals surface area contributed by atoms with E-state index in [9.17, 15) is 4.79 Å². The van der Waals surface area contributed by atoms with Gasteiger partial charge in [0, 0.05) is 12.1 Å². The lowest BCUT2D eigenvalue weighted by Crippen LogP contribution is -2.26. The van der Waals surface area contributed by atoms with Gasteiger partial charge in [-0.25, -0.2) is 4.68 Å². The maximum absolute atomic E-state index is 12.9. The number of amides is 1. The molecule has 0 radical (unpaired) electrons. The predicted molar refractivity (Wildman–Crippen MR) is 118 cm³/mol. The summed E-state index contributed by atoms with van der Waals surface area (Å²) < 4.78 is 6.73. The highest BCUT2D eigenvalue weighted by atomic mass is 16.5. The number of ether oxygens (including phenoxy) is 1. The van der Waals surface area contributed by atoms with E-state index in [-0.39, 0.29) is 5.91 Å². The SMILES string of the molecule is COc1ccc(CCNC(=O)c2cc(-c3ccc(C)cc3)cc(-n3cnnn3)c2)cc1. The van der Waals surface area contributed by atoms with E-state index in [2.05, 4.69) is 20.8 Å². The van der Waals surface area contributed by atoms with Gasteiger partial charge >= 0.3 is 0 Å². The fourth-order valence-electron chi connectivity index (χ4n) is 3.28. The van der Waals surface area contributed by atoms with Gasteiger partial charge < -0.3 is 10.1 Å². The van der Waals surface area contributed by atoms with Crippen LogP contribution in [0, 0.1) is 6.92 Å². The molecule has 1 heterocycles. The first-order valence-corrected chi connectivity index (χ1v) is 9.99. The molecular formula is C24H23N5O2. The number of aryl methyl sites for hydroxylation is 1. The average Bonchev–Trinajstić information content (AvgIpc) is 3.35. The molecule has 1 aromatic heterocycles. The van der Waals surface area contributed by atoms with Gasteiger partial charge in [0.15, 0.2) is 0 Å². The molecule has 7 heteroatoms. The fraction of sp³-hybridized carbons (Fsp3) is 0.167. The van der Waals surface area contributed by atoms with E-state index in [0.29, 0.717) is 12.1 Å². The van der Waals surface area contributed by atoms with Gasteiger partial charge in [0.25, 0.3) is 5.91 Å². The van der Waals surface area contributed by atoms with E-state index in [1.165, 1.54) is 11.9 Å². The van der Waals surface area contributed by atoms with Crippen molar-refractivity contribution in [2.75, 3.05) is 13.7 Å². The number of tetrazole rings is 1. The highest BCUT2D eigenvalue weighted by molar-refractivity contribution is 5.96. The minimum absolute atomic E-state index is 0.142. The molecule has 4 rings (SSSR count). The van der Waals surface area contributed by atoms with Gasteiger partial charge in [-0.15, -0.1) is 5.10 Å². The molecule has 0 fully saturated rings. The number of hydrogen-bond acceptors (Lipinski definition) is 5. The summed E-state index contributed by atoms with van der Waals surface area (Å²) in [5, 5.41) is 14.4. The Morgan fingerprint density at radius 2 is 1.77 bits per heavy atom. The highest BCUT2D eigenvalue weighted by Crippen LogP contribution is 2.24. The van der Waals surface area contributed by atoms with Crippen molar-refractivity contribution in [1.29, 1.82) is 0 Å². The van der Waals surface area contributed by atoms with Gasteiger partial charge in [0.05, 0.1) is 12.8 Å². The number of hydrogen-bond donors (Lipinski definition) is 1. The zero-order chi connectivity index (χ0) is 21.6. The molecule has 0 unspecified atom stereocenters. The molecule has 3 aromatic carbocycles. The maximum Gasteiger partial charge on any atom is 0.251 e. The molecule has 31 heavy (non-hydrogen) atoms. The second kappa shape index (κ2) is 9.21. The molecular weight excluding hydrogens is 390 g/mol. The Bertz CT molecular complexity index is 1150. The molecule has 4 aromatic rings. The van der Waals surface area contributed by atoms with E-state index in [0.717, 1.165) is 34.5 Å². The molecule has 1 N–H and O–H groups in total. The fourth-order valence-corrected chi connectivity index (χ4v) is 3.28. The van der Waals surface area contributed by atoms with Gasteiger partial charge in [-0.3, -0.25) is 4.79 Å². The Labute approximate surface area is 180 Å². The van der Waals surface area contributed by atoms with Crippen LogP contribution in [0.2, 0.25) is 0 Å². The third-order valence-corrected chi connectivity index (χ3v) is 5.04. The van der Waals surface area contributed by atoms with E-state index in [1.807, 2.05) is 67.6 Å². The van der Waals surface area contributed by atoms with Crippen molar-refractivity contribution in [1.82, 2.24) is 25.5 Å². The third-order valence-electron chi connectivity index (χ3n) is 5.04. The lowest BCUT2D eigenvalue weighted by Gasteiger charge is -2.11. The first kappa shape index (κ1) is 20.3. The van der Waals surface area contributed by atoms with Gasteiger partial charge in [-0.05, 0) is 70.8 Å². The maximum atomic E-state index is 12.9. The van der Waals surface area contributed by atoms with Crippen LogP contribution in [0.4, 0.5) is 0 Å². The first-order chi connectivity index (χ1) is 15.1. The molecule has 0 atom stereocenters. The molecule has 1 amide bonds. The summed E-state index contributed by atoms with van der Waals surface area (Å²) in [4.78, 5) is 12.9. The van der Waals surface area contributed by atoms with Crippen LogP contribution in [-0.4, -0.2) is 39.8 Å². The van der Waals surface area contributed by atoms with Crippen molar-refractivity contribution in [3.8, 4) is 22.6 Å². The highest BCUT2D eigenvalue weighted by Gasteiger charge is 2.12. The van der Waals surface area contributed by atoms with Gasteiger partial charge in [-0.1, -0.05) is 42.0 Å². The zero-order valence-electron chi connectivity index (χ0n) is 17.4. The smallest absolute Gasteiger partial charge is 0.251 e. The second-order valence-corrected chi connectivity index (χ2v) is 7.24. The summed E-state index contributed by atoms with van der Waals surface area (Å²) in [5.74, 6) is 0.674. The summed E-state index contributed by atoms with van der Waals surface area (Å²) in [6.07, 6.45) is 2.24. The Morgan fingerprint density at radius 1 is 1.00 bits per heavy atom. The summed E-state index contributed by atoms with van der Waals surface area (Å²) >= 11 is 0. The lowest BCUT2D eigenvalue weighted by atomic mass is 10.0. The van der Waals surface area contributed by atoms with Crippen molar-refractivity contribution in [2.24, 2.45) is 0 Å². The first-order valence-electron chi connectivity index (χ1n) is 9.99. The average molecular weight is 413 g/mol. The van der Waals surface area contributed by atoms with Crippen LogP contribution >= 0.6 is 0 Å². The Balaban J connectivity index is 1.54. The third kappa shape index (κ3) is 4.95. The lowest BCUT2D eigenvalue weighted by molar-refractivity contribution is 0.0954. The number of nitrogens with zero attached hydrogens (tertiary/aromatic N) is 4. The zero-order valence-corrected chi connectivity index (χ0v) is 17.4. The predicted octanol–water partition coefficient (Wildman–Crippen LogP) is 3.62. The van der Waals surface area contributed by atoms with Crippen LogP contribution in [0.3, 0.4) is 0 Å². The molecule has 0 bridgehead atoms. The largest absolute Gasteiger partial charge is 0.497 e. The summed E-state index contributed by atoms with van der Waals surface area (Å²) in [5.41, 5.74) is 5.53. The van der Waals surface area contributed by atoms with Crippen LogP contribution in [0.15, 0.2) is 73.1 Å². The Hall–Kier alpha value is -4.00. The summed E-state index contributed by atoms with van der Waals surface area (Å²) in [6.45, 7) is 2.57. The van der Waals surface area contributed by atoms with E-state index >= 15 is 0 Å². The molecule has 156 valence electrons. The number of aromatic nitrogens is 4. The number of carbonyl (C=O) groups is 1. The number of benzene rings is 3. The van der Waals surface area contributed by atoms with E-state index in [1.54, 1.807) is 17.9 Å². The Kier molecular flexibility index (Phi) is 6.03. The molecule has 7 nitrogen and oxygen atoms in total. The molecule has 0 aliphatic carbocycles. The van der Waals surface area contributed by atoms with Crippen molar-refractivity contribution in [3.63, 3.8) is 0 Å². The minimum atomic E-state index is -0.142. The van der Waals surface area contributed by atoms with Crippen LogP contribution < -0.4 is 10.1 Å². The van der Waals surface area contributed by atoms with Crippen LogP contribution in [-0.2, 0) is 6.42 Å². The van der Waals surface area contributed by atoms with Gasteiger partial charge in [0.1, 0.15) is 12.1 Å². The molecule has 0 aliphatic heterocycles. The van der Waals surface area contributed by atoms with Gasteiger partial charge in [0.2, 0.25) is 0 Å². The monoisotopic (exact) mass is 413 g/mol. The topological polar surface area (TPSA) is 81.9 Å². The number of carbonyl (C=O) groups excluding carboxylic acids is 1. The second-order valence-electron chi connectivity index (χ2n) is 7.24. The van der Waals surface area contributed by atoms with Crippen LogP contribution in [0.1, 0.15) is 21.5 Å². The number of methoxy groups -OCH3 is 1. The Morgan fingerprint density at radius 3 is 2.45 bits per heavy atom. The van der Waals surface area contributed by atoms with Crippen molar-refractivity contribution >= 4 is 5.91 Å². The van der Waals surface area contributed by atoms with Crippen LogP contribution in [0.5, 0.6) is 5.75 Å². The van der Waals surface area contributed by atoms with Crippen LogP contribution in [0.25, 0.3) is 16.8 Å². The standard InChI is InChI=1S/C24H23N5O2/c1-17-3-7-19(8-4-17)20-13-21(15-22(14-20)29-16-26-27-28-29)24(30)25-12-11-18-5-9-23(31-2)10-6-18/h3-10,13-16H,11-12H2,1-2H3,(H,25,30). The van der Waals surface area contributed by atoms with Crippen molar-refractivity contribution < 1.29 is 9.53 Å².